The fourth-order valence-corrected chi connectivity index (χ4v) is 3.32. The van der Waals surface area contributed by atoms with E-state index in [1.807, 2.05) is 0 Å². The van der Waals surface area contributed by atoms with E-state index in [9.17, 15) is 26.7 Å². The van der Waals surface area contributed by atoms with Crippen LogP contribution in [0.15, 0.2) is 48.7 Å². The molecule has 3 aromatic rings. The molecule has 0 bridgehead atoms. The number of carbonyl (C=O) groups excluding carboxylic acids is 1. The van der Waals surface area contributed by atoms with E-state index in [4.69, 9.17) is 4.74 Å². The third-order valence-electron chi connectivity index (χ3n) is 4.82. The van der Waals surface area contributed by atoms with E-state index in [-0.39, 0.29) is 23.7 Å². The van der Waals surface area contributed by atoms with Gasteiger partial charge in [0, 0.05) is 13.6 Å². The van der Waals surface area contributed by atoms with Crippen LogP contribution in [0.25, 0.3) is 5.69 Å². The van der Waals surface area contributed by atoms with Crippen molar-refractivity contribution in [2.45, 2.75) is 26.3 Å². The van der Waals surface area contributed by atoms with Gasteiger partial charge in [0.05, 0.1) is 24.6 Å². The maximum absolute atomic E-state index is 13.9. The Labute approximate surface area is 186 Å². The Balaban J connectivity index is 1.94. The first-order valence-corrected chi connectivity index (χ1v) is 9.61. The van der Waals surface area contributed by atoms with Gasteiger partial charge in [-0.2, -0.15) is 27.1 Å². The highest BCUT2D eigenvalue weighted by Gasteiger charge is 2.41. The molecule has 0 saturated carbocycles. The van der Waals surface area contributed by atoms with Crippen LogP contribution in [0.4, 0.5) is 22.0 Å². The molecule has 3 rings (SSSR count). The predicted octanol–water partition coefficient (Wildman–Crippen LogP) is 5.08. The molecule has 1 aromatic heterocycles. The van der Waals surface area contributed by atoms with Gasteiger partial charge in [0.2, 0.25) is 0 Å². The fourth-order valence-electron chi connectivity index (χ4n) is 3.32. The summed E-state index contributed by atoms with van der Waals surface area (Å²) in [5.74, 6) is -1.14. The summed E-state index contributed by atoms with van der Waals surface area (Å²) in [4.78, 5) is 14.0. The van der Waals surface area contributed by atoms with Crippen molar-refractivity contribution in [1.82, 2.24) is 14.7 Å². The summed E-state index contributed by atoms with van der Waals surface area (Å²) in [5, 5.41) is 3.82. The zero-order valence-electron chi connectivity index (χ0n) is 17.9. The van der Waals surface area contributed by atoms with Crippen LogP contribution in [0.5, 0.6) is 11.5 Å². The van der Waals surface area contributed by atoms with Crippen molar-refractivity contribution < 1.29 is 36.2 Å². The summed E-state index contributed by atoms with van der Waals surface area (Å²) in [6, 6.07) is 10.4. The molecular weight excluding hydrogens is 449 g/mol. The second kappa shape index (κ2) is 9.47. The van der Waals surface area contributed by atoms with Crippen LogP contribution < -0.4 is 9.47 Å². The maximum atomic E-state index is 13.9. The average molecular weight is 469 g/mol. The highest BCUT2D eigenvalue weighted by Crippen LogP contribution is 2.35. The van der Waals surface area contributed by atoms with Gasteiger partial charge >= 0.3 is 12.8 Å². The number of methoxy groups -OCH3 is 1. The first-order chi connectivity index (χ1) is 15.5. The van der Waals surface area contributed by atoms with Gasteiger partial charge in [0.25, 0.3) is 5.91 Å². The van der Waals surface area contributed by atoms with E-state index >= 15 is 0 Å². The van der Waals surface area contributed by atoms with Crippen LogP contribution >= 0.6 is 0 Å². The first kappa shape index (κ1) is 24.0. The molecule has 0 spiro atoms. The lowest BCUT2D eigenvalue weighted by Gasteiger charge is -2.20. The zero-order valence-corrected chi connectivity index (χ0v) is 17.9. The highest BCUT2D eigenvalue weighted by atomic mass is 19.4. The minimum atomic E-state index is -4.86. The summed E-state index contributed by atoms with van der Waals surface area (Å²) in [5.41, 5.74) is -0.753. The number of hydrogen-bond acceptors (Lipinski definition) is 4. The molecule has 0 aliphatic rings. The van der Waals surface area contributed by atoms with E-state index in [0.717, 1.165) is 11.1 Å². The number of aromatic nitrogens is 2. The maximum Gasteiger partial charge on any atom is 0.434 e. The van der Waals surface area contributed by atoms with Crippen LogP contribution in [0, 0.1) is 6.92 Å². The van der Waals surface area contributed by atoms with E-state index in [1.54, 1.807) is 25.1 Å². The van der Waals surface area contributed by atoms with E-state index < -0.39 is 30.0 Å². The highest BCUT2D eigenvalue weighted by molar-refractivity contribution is 5.95. The number of amides is 1. The summed E-state index contributed by atoms with van der Waals surface area (Å²) in [6.45, 7) is -1.64. The molecule has 0 unspecified atom stereocenters. The van der Waals surface area contributed by atoms with Gasteiger partial charge in [0.15, 0.2) is 17.2 Å². The summed E-state index contributed by atoms with van der Waals surface area (Å²) in [6.07, 6.45) is -3.99. The summed E-state index contributed by atoms with van der Waals surface area (Å²) < 4.78 is 77.2. The molecule has 11 heteroatoms. The first-order valence-electron chi connectivity index (χ1n) is 9.61. The number of rotatable bonds is 7. The number of hydrogen-bond donors (Lipinski definition) is 0. The molecule has 0 radical (unpaired) electrons. The van der Waals surface area contributed by atoms with E-state index in [0.29, 0.717) is 15.8 Å². The second-order valence-electron chi connectivity index (χ2n) is 7.13. The zero-order chi connectivity index (χ0) is 24.3. The molecule has 1 amide bonds. The number of para-hydroxylation sites is 1. The van der Waals surface area contributed by atoms with Crippen molar-refractivity contribution in [3.05, 3.63) is 71.0 Å². The lowest BCUT2D eigenvalue weighted by molar-refractivity contribution is -0.143. The summed E-state index contributed by atoms with van der Waals surface area (Å²) >= 11 is 0. The molecule has 0 saturated heterocycles. The molecule has 6 nitrogen and oxygen atoms in total. The molecule has 0 fully saturated rings. The van der Waals surface area contributed by atoms with Gasteiger partial charge in [-0.3, -0.25) is 4.79 Å². The SMILES string of the molecule is COc1ccc(CN(C)C(=O)c2cnn(-c3ccccc3C)c2C(F)(F)F)cc1OC(F)F. The van der Waals surface area contributed by atoms with Crippen LogP contribution in [0.2, 0.25) is 0 Å². The fraction of sp³-hybridized carbons (Fsp3) is 0.273. The molecule has 2 aromatic carbocycles. The average Bonchev–Trinajstić information content (AvgIpc) is 3.19. The molecule has 0 aliphatic carbocycles. The van der Waals surface area contributed by atoms with Gasteiger partial charge < -0.3 is 14.4 Å². The number of halogens is 5. The second-order valence-corrected chi connectivity index (χ2v) is 7.13. The van der Waals surface area contributed by atoms with Crippen molar-refractivity contribution in [1.29, 1.82) is 0 Å². The Kier molecular flexibility index (Phi) is 6.89. The predicted molar refractivity (Wildman–Crippen MR) is 109 cm³/mol. The lowest BCUT2D eigenvalue weighted by atomic mass is 10.1. The van der Waals surface area contributed by atoms with Gasteiger partial charge in [0.1, 0.15) is 0 Å². The third-order valence-corrected chi connectivity index (χ3v) is 4.82. The lowest BCUT2D eigenvalue weighted by Crippen LogP contribution is -2.28. The van der Waals surface area contributed by atoms with E-state index in [2.05, 4.69) is 9.84 Å². The van der Waals surface area contributed by atoms with Crippen LogP contribution in [0.3, 0.4) is 0 Å². The topological polar surface area (TPSA) is 56.6 Å². The number of ether oxygens (including phenoxy) is 2. The number of nitrogens with zero attached hydrogens (tertiary/aromatic N) is 3. The molecular formula is C22H20F5N3O3. The van der Waals surface area contributed by atoms with Gasteiger partial charge in [-0.25, -0.2) is 4.68 Å². The smallest absolute Gasteiger partial charge is 0.434 e. The van der Waals surface area contributed by atoms with Crippen molar-refractivity contribution in [2.75, 3.05) is 14.2 Å². The minimum absolute atomic E-state index is 0.0481. The summed E-state index contributed by atoms with van der Waals surface area (Å²) in [7, 11) is 2.57. The monoisotopic (exact) mass is 469 g/mol. The third kappa shape index (κ3) is 5.24. The molecule has 0 atom stereocenters. The van der Waals surface area contributed by atoms with Crippen molar-refractivity contribution in [2.24, 2.45) is 0 Å². The van der Waals surface area contributed by atoms with Crippen LogP contribution in [-0.4, -0.2) is 41.4 Å². The minimum Gasteiger partial charge on any atom is -0.493 e. The van der Waals surface area contributed by atoms with Gasteiger partial charge in [-0.1, -0.05) is 24.3 Å². The van der Waals surface area contributed by atoms with E-state index in [1.165, 1.54) is 38.4 Å². The Morgan fingerprint density at radius 3 is 2.45 bits per heavy atom. The molecule has 33 heavy (non-hydrogen) atoms. The number of benzene rings is 2. The normalized spacial score (nSPS) is 11.5. The van der Waals surface area contributed by atoms with Crippen LogP contribution in [-0.2, 0) is 12.7 Å². The quantitative estimate of drug-likeness (QED) is 0.453. The molecule has 1 heterocycles. The molecule has 0 aliphatic heterocycles. The van der Waals surface area contributed by atoms with Crippen molar-refractivity contribution >= 4 is 5.91 Å². The number of aryl methyl sites for hydroxylation is 1. The number of alkyl halides is 5. The van der Waals surface area contributed by atoms with Crippen molar-refractivity contribution in [3.63, 3.8) is 0 Å². The Morgan fingerprint density at radius 2 is 1.85 bits per heavy atom. The van der Waals surface area contributed by atoms with Gasteiger partial charge in [-0.05, 0) is 36.2 Å². The number of carbonyl (C=O) groups is 1. The Bertz CT molecular complexity index is 1140. The molecule has 0 N–H and O–H groups in total. The standard InChI is InChI=1S/C22H20F5N3O3/c1-13-6-4-5-7-16(13)30-19(22(25,26)27)15(11-28-30)20(31)29(2)12-14-8-9-17(32-3)18(10-14)33-21(23)24/h4-11,21H,12H2,1-3H3. The van der Waals surface area contributed by atoms with Crippen LogP contribution in [0.1, 0.15) is 27.2 Å². The Hall–Kier alpha value is -3.63. The Morgan fingerprint density at radius 1 is 1.15 bits per heavy atom. The van der Waals surface area contributed by atoms with Crippen molar-refractivity contribution in [3.8, 4) is 17.2 Å². The largest absolute Gasteiger partial charge is 0.493 e. The molecule has 176 valence electrons. The van der Waals surface area contributed by atoms with Gasteiger partial charge in [-0.15, -0.1) is 0 Å².